The van der Waals surface area contributed by atoms with Crippen molar-refractivity contribution in [3.8, 4) is 0 Å². The Morgan fingerprint density at radius 1 is 1.25 bits per heavy atom. The van der Waals surface area contributed by atoms with Crippen LogP contribution in [-0.4, -0.2) is 40.7 Å². The van der Waals surface area contributed by atoms with Crippen LogP contribution in [0.2, 0.25) is 5.02 Å². The Morgan fingerprint density at radius 3 is 2.75 bits per heavy atom. The SMILES string of the molecule is CCN(C)Cc1cncc(Cl)c1.c1ccc(C2CCOC3(CCCC3)C2)nc1. The quantitative estimate of drug-likeness (QED) is 0.680. The molecule has 0 N–H and O–H groups in total. The summed E-state index contributed by atoms with van der Waals surface area (Å²) in [6.07, 6.45) is 12.9. The fourth-order valence-electron chi connectivity index (χ4n) is 4.23. The minimum atomic E-state index is 0.209. The Morgan fingerprint density at radius 2 is 2.07 bits per heavy atom. The number of pyridine rings is 2. The molecule has 1 unspecified atom stereocenters. The van der Waals surface area contributed by atoms with Crippen molar-refractivity contribution in [2.75, 3.05) is 20.2 Å². The zero-order valence-electron chi connectivity index (χ0n) is 17.1. The molecule has 0 amide bonds. The number of rotatable bonds is 4. The van der Waals surface area contributed by atoms with Crippen LogP contribution in [0.15, 0.2) is 42.9 Å². The molecule has 1 aliphatic heterocycles. The van der Waals surface area contributed by atoms with Gasteiger partial charge in [-0.1, -0.05) is 37.4 Å². The van der Waals surface area contributed by atoms with Crippen LogP contribution in [0.5, 0.6) is 0 Å². The van der Waals surface area contributed by atoms with Crippen LogP contribution in [-0.2, 0) is 11.3 Å². The first-order valence-corrected chi connectivity index (χ1v) is 10.8. The van der Waals surface area contributed by atoms with Crippen LogP contribution in [0.1, 0.15) is 62.6 Å². The highest BCUT2D eigenvalue weighted by molar-refractivity contribution is 6.30. The van der Waals surface area contributed by atoms with Gasteiger partial charge in [0.2, 0.25) is 0 Å². The maximum Gasteiger partial charge on any atom is 0.0689 e. The van der Waals surface area contributed by atoms with Gasteiger partial charge in [0.25, 0.3) is 0 Å². The highest BCUT2D eigenvalue weighted by Crippen LogP contribution is 2.44. The van der Waals surface area contributed by atoms with E-state index in [0.29, 0.717) is 10.9 Å². The van der Waals surface area contributed by atoms with Crippen molar-refractivity contribution < 1.29 is 4.74 Å². The lowest BCUT2D eigenvalue weighted by molar-refractivity contribution is -0.0809. The predicted octanol–water partition coefficient (Wildman–Crippen LogP) is 5.48. The summed E-state index contributed by atoms with van der Waals surface area (Å²) in [7, 11) is 2.07. The number of nitrogens with zero attached hydrogens (tertiary/aromatic N) is 3. The molecule has 1 spiro atoms. The number of hydrogen-bond donors (Lipinski definition) is 0. The molecule has 2 aliphatic rings. The normalized spacial score (nSPS) is 20.8. The van der Waals surface area contributed by atoms with Gasteiger partial charge in [0.1, 0.15) is 0 Å². The molecule has 4 nitrogen and oxygen atoms in total. The van der Waals surface area contributed by atoms with Crippen molar-refractivity contribution in [1.29, 1.82) is 0 Å². The summed E-state index contributed by atoms with van der Waals surface area (Å²) in [6.45, 7) is 4.98. The topological polar surface area (TPSA) is 38.2 Å². The van der Waals surface area contributed by atoms with Crippen molar-refractivity contribution in [3.63, 3.8) is 0 Å². The van der Waals surface area contributed by atoms with E-state index in [2.05, 4.69) is 41.0 Å². The van der Waals surface area contributed by atoms with Crippen molar-refractivity contribution >= 4 is 11.6 Å². The van der Waals surface area contributed by atoms with Gasteiger partial charge in [-0.2, -0.15) is 0 Å². The molecule has 3 heterocycles. The third-order valence-corrected chi connectivity index (χ3v) is 6.07. The lowest BCUT2D eigenvalue weighted by Gasteiger charge is -2.38. The van der Waals surface area contributed by atoms with E-state index >= 15 is 0 Å². The minimum absolute atomic E-state index is 0.209. The van der Waals surface area contributed by atoms with E-state index in [9.17, 15) is 0 Å². The summed E-state index contributed by atoms with van der Waals surface area (Å²) in [5.74, 6) is 0.619. The second kappa shape index (κ2) is 10.3. The molecule has 5 heteroatoms. The molecule has 28 heavy (non-hydrogen) atoms. The van der Waals surface area contributed by atoms with Gasteiger partial charge in [-0.05, 0) is 63.0 Å². The van der Waals surface area contributed by atoms with Gasteiger partial charge in [0.15, 0.2) is 0 Å². The van der Waals surface area contributed by atoms with Crippen LogP contribution in [0.4, 0.5) is 0 Å². The average molecular weight is 402 g/mol. The Hall–Kier alpha value is -1.49. The van der Waals surface area contributed by atoms with E-state index in [4.69, 9.17) is 16.3 Å². The smallest absolute Gasteiger partial charge is 0.0689 e. The van der Waals surface area contributed by atoms with Gasteiger partial charge in [-0.25, -0.2) is 0 Å². The maximum absolute atomic E-state index is 6.05. The standard InChI is InChI=1S/C14H19NO.C9H13ClN2/c1-4-9-15-13(5-1)12-6-10-16-14(11-12)7-2-3-8-14;1-3-12(2)7-8-4-9(10)6-11-5-8/h1,4-5,9,12H,2-3,6-8,10-11H2;4-6H,3,7H2,1-2H3. The average Bonchev–Trinajstić information content (AvgIpc) is 3.16. The summed E-state index contributed by atoms with van der Waals surface area (Å²) >= 11 is 5.79. The van der Waals surface area contributed by atoms with Gasteiger partial charge < -0.3 is 9.64 Å². The zero-order valence-corrected chi connectivity index (χ0v) is 17.9. The van der Waals surface area contributed by atoms with Crippen molar-refractivity contribution in [1.82, 2.24) is 14.9 Å². The Balaban J connectivity index is 0.000000169. The third-order valence-electron chi connectivity index (χ3n) is 5.87. The minimum Gasteiger partial charge on any atom is -0.375 e. The monoisotopic (exact) mass is 401 g/mol. The molecule has 1 saturated heterocycles. The van der Waals surface area contributed by atoms with Crippen LogP contribution in [0.3, 0.4) is 0 Å². The molecule has 2 aromatic rings. The van der Waals surface area contributed by atoms with E-state index in [1.54, 1.807) is 6.20 Å². The Labute approximate surface area is 174 Å². The lowest BCUT2D eigenvalue weighted by atomic mass is 9.83. The number of hydrogen-bond acceptors (Lipinski definition) is 4. The van der Waals surface area contributed by atoms with Gasteiger partial charge >= 0.3 is 0 Å². The van der Waals surface area contributed by atoms with Gasteiger partial charge in [0, 0.05) is 43.4 Å². The van der Waals surface area contributed by atoms with Crippen molar-refractivity contribution in [2.24, 2.45) is 0 Å². The molecule has 2 aromatic heterocycles. The summed E-state index contributed by atoms with van der Waals surface area (Å²) in [5, 5.41) is 0.706. The summed E-state index contributed by atoms with van der Waals surface area (Å²) in [6, 6.07) is 8.20. The molecule has 1 aliphatic carbocycles. The third kappa shape index (κ3) is 6.00. The molecule has 1 saturated carbocycles. The molecular weight excluding hydrogens is 370 g/mol. The number of aromatic nitrogens is 2. The largest absolute Gasteiger partial charge is 0.375 e. The van der Waals surface area contributed by atoms with Gasteiger partial charge in [0.05, 0.1) is 10.6 Å². The van der Waals surface area contributed by atoms with E-state index in [1.165, 1.54) is 37.8 Å². The molecule has 0 bridgehead atoms. The highest BCUT2D eigenvalue weighted by Gasteiger charge is 2.40. The predicted molar refractivity (Wildman–Crippen MR) is 115 cm³/mol. The molecular formula is C23H32ClN3O. The Bertz CT molecular complexity index is 719. The van der Waals surface area contributed by atoms with Crippen LogP contribution in [0.25, 0.3) is 0 Å². The maximum atomic E-state index is 6.05. The van der Waals surface area contributed by atoms with E-state index in [0.717, 1.165) is 31.7 Å². The summed E-state index contributed by atoms with van der Waals surface area (Å²) < 4.78 is 6.05. The summed E-state index contributed by atoms with van der Waals surface area (Å²) in [4.78, 5) is 10.7. The fraction of sp³-hybridized carbons (Fsp3) is 0.565. The van der Waals surface area contributed by atoms with E-state index < -0.39 is 0 Å². The highest BCUT2D eigenvalue weighted by atomic mass is 35.5. The number of ether oxygens (including phenoxy) is 1. The van der Waals surface area contributed by atoms with E-state index in [-0.39, 0.29) is 5.60 Å². The zero-order chi connectivity index (χ0) is 19.8. The fourth-order valence-corrected chi connectivity index (χ4v) is 4.43. The molecule has 1 atom stereocenters. The molecule has 0 radical (unpaired) electrons. The summed E-state index contributed by atoms with van der Waals surface area (Å²) in [5.41, 5.74) is 2.63. The van der Waals surface area contributed by atoms with E-state index in [1.807, 2.05) is 24.5 Å². The van der Waals surface area contributed by atoms with Crippen LogP contribution >= 0.6 is 11.6 Å². The number of halogens is 1. The molecule has 152 valence electrons. The first-order chi connectivity index (χ1) is 13.6. The molecule has 2 fully saturated rings. The van der Waals surface area contributed by atoms with Crippen LogP contribution < -0.4 is 0 Å². The van der Waals surface area contributed by atoms with Crippen molar-refractivity contribution in [2.45, 2.75) is 63.5 Å². The first kappa shape index (κ1) is 21.2. The Kier molecular flexibility index (Phi) is 7.83. The first-order valence-electron chi connectivity index (χ1n) is 10.4. The molecule has 4 rings (SSSR count). The van der Waals surface area contributed by atoms with Gasteiger partial charge in [-0.15, -0.1) is 0 Å². The lowest BCUT2D eigenvalue weighted by Crippen LogP contribution is -2.36. The second-order valence-corrected chi connectivity index (χ2v) is 8.46. The van der Waals surface area contributed by atoms with Crippen molar-refractivity contribution in [3.05, 3.63) is 59.1 Å². The van der Waals surface area contributed by atoms with Crippen LogP contribution in [0, 0.1) is 0 Å². The van der Waals surface area contributed by atoms with Gasteiger partial charge in [-0.3, -0.25) is 9.97 Å². The second-order valence-electron chi connectivity index (χ2n) is 8.02. The molecule has 0 aromatic carbocycles.